The van der Waals surface area contributed by atoms with E-state index >= 15 is 0 Å². The van der Waals surface area contributed by atoms with Crippen LogP contribution in [-0.2, 0) is 11.3 Å². The van der Waals surface area contributed by atoms with E-state index < -0.39 is 6.04 Å². The summed E-state index contributed by atoms with van der Waals surface area (Å²) in [5, 5.41) is 7.62. The molecule has 0 saturated carbocycles. The normalized spacial score (nSPS) is 12.0. The number of pyridine rings is 1. The lowest BCUT2D eigenvalue weighted by molar-refractivity contribution is -0.124. The highest BCUT2D eigenvalue weighted by atomic mass is 32.1. The van der Waals surface area contributed by atoms with Gasteiger partial charge in [-0.3, -0.25) is 14.6 Å². The van der Waals surface area contributed by atoms with Crippen LogP contribution in [0.25, 0.3) is 0 Å². The first-order valence-corrected chi connectivity index (χ1v) is 7.97. The minimum absolute atomic E-state index is 0.00544. The summed E-state index contributed by atoms with van der Waals surface area (Å²) in [5.74, 6) is -0.452. The van der Waals surface area contributed by atoms with Gasteiger partial charge < -0.3 is 10.6 Å². The number of amides is 2. The van der Waals surface area contributed by atoms with Gasteiger partial charge in [0.05, 0.1) is 6.54 Å². The molecule has 2 aromatic rings. The van der Waals surface area contributed by atoms with E-state index in [2.05, 4.69) is 15.6 Å². The Hall–Kier alpha value is -2.21. The third-order valence-electron chi connectivity index (χ3n) is 3.20. The Balaban J connectivity index is 1.97. The smallest absolute Gasteiger partial charge is 0.252 e. The number of carbonyl (C=O) groups excluding carboxylic acids is 2. The first-order valence-electron chi connectivity index (χ1n) is 7.09. The average molecular weight is 317 g/mol. The first kappa shape index (κ1) is 16.2. The molecule has 2 aromatic heterocycles. The summed E-state index contributed by atoms with van der Waals surface area (Å²) in [5.41, 5.74) is 0.492. The van der Waals surface area contributed by atoms with Crippen molar-refractivity contribution in [3.8, 4) is 0 Å². The van der Waals surface area contributed by atoms with Gasteiger partial charge in [-0.2, -0.15) is 0 Å². The van der Waals surface area contributed by atoms with E-state index in [4.69, 9.17) is 0 Å². The predicted molar refractivity (Wildman–Crippen MR) is 86.5 cm³/mol. The van der Waals surface area contributed by atoms with Crippen LogP contribution in [0.2, 0.25) is 0 Å². The lowest BCUT2D eigenvalue weighted by Crippen LogP contribution is -2.49. The van der Waals surface area contributed by atoms with Gasteiger partial charge in [-0.1, -0.05) is 19.9 Å². The monoisotopic (exact) mass is 317 g/mol. The molecule has 0 saturated heterocycles. The molecular formula is C16H19N3O2S. The summed E-state index contributed by atoms with van der Waals surface area (Å²) in [6.07, 6.45) is 3.10. The highest BCUT2D eigenvalue weighted by Gasteiger charge is 2.24. The molecule has 0 aliphatic rings. The highest BCUT2D eigenvalue weighted by molar-refractivity contribution is 7.09. The molecule has 0 aliphatic heterocycles. The third kappa shape index (κ3) is 4.39. The zero-order valence-electron chi connectivity index (χ0n) is 12.6. The Bertz CT molecular complexity index is 612. The van der Waals surface area contributed by atoms with Crippen LogP contribution < -0.4 is 10.6 Å². The molecule has 22 heavy (non-hydrogen) atoms. The lowest BCUT2D eigenvalue weighted by atomic mass is 10.0. The van der Waals surface area contributed by atoms with Gasteiger partial charge in [0, 0.05) is 22.8 Å². The van der Waals surface area contributed by atoms with Crippen LogP contribution in [0.4, 0.5) is 0 Å². The SMILES string of the molecule is CC(C)C(NC(=O)c1ccncc1)C(=O)NCc1cccs1. The largest absolute Gasteiger partial charge is 0.349 e. The Morgan fingerprint density at radius 1 is 1.23 bits per heavy atom. The van der Waals surface area contributed by atoms with Crippen LogP contribution >= 0.6 is 11.3 Å². The van der Waals surface area contributed by atoms with Crippen LogP contribution in [0.15, 0.2) is 42.0 Å². The molecule has 2 amide bonds. The van der Waals surface area contributed by atoms with Gasteiger partial charge >= 0.3 is 0 Å². The van der Waals surface area contributed by atoms with Gasteiger partial charge in [-0.05, 0) is 29.5 Å². The standard InChI is InChI=1S/C16H19N3O2S/c1-11(2)14(16(21)18-10-13-4-3-9-22-13)19-15(20)12-5-7-17-8-6-12/h3-9,11,14H,10H2,1-2H3,(H,18,21)(H,19,20). The van der Waals surface area contributed by atoms with Gasteiger partial charge in [-0.25, -0.2) is 0 Å². The van der Waals surface area contributed by atoms with Crippen molar-refractivity contribution >= 4 is 23.2 Å². The Kier molecular flexibility index (Phi) is 5.66. The Labute approximate surface area is 133 Å². The summed E-state index contributed by atoms with van der Waals surface area (Å²) in [7, 11) is 0. The minimum atomic E-state index is -0.569. The molecule has 1 atom stereocenters. The number of thiophene rings is 1. The predicted octanol–water partition coefficient (Wildman–Crippen LogP) is 2.21. The maximum absolute atomic E-state index is 12.3. The van der Waals surface area contributed by atoms with Crippen LogP contribution in [0.1, 0.15) is 29.1 Å². The van der Waals surface area contributed by atoms with Crippen LogP contribution in [0.5, 0.6) is 0 Å². The summed E-state index contributed by atoms with van der Waals surface area (Å²) in [6.45, 7) is 4.29. The minimum Gasteiger partial charge on any atom is -0.349 e. The molecule has 0 radical (unpaired) electrons. The van der Waals surface area contributed by atoms with E-state index in [0.29, 0.717) is 12.1 Å². The third-order valence-corrected chi connectivity index (χ3v) is 4.07. The Morgan fingerprint density at radius 2 is 1.95 bits per heavy atom. The van der Waals surface area contributed by atoms with E-state index in [1.165, 1.54) is 0 Å². The molecule has 2 heterocycles. The maximum Gasteiger partial charge on any atom is 0.252 e. The van der Waals surface area contributed by atoms with Crippen molar-refractivity contribution in [2.45, 2.75) is 26.4 Å². The van der Waals surface area contributed by atoms with Gasteiger partial charge in [0.1, 0.15) is 6.04 Å². The van der Waals surface area contributed by atoms with Crippen LogP contribution in [0.3, 0.4) is 0 Å². The zero-order chi connectivity index (χ0) is 15.9. The molecule has 0 aromatic carbocycles. The second kappa shape index (κ2) is 7.70. The van der Waals surface area contributed by atoms with Gasteiger partial charge in [0.2, 0.25) is 5.91 Å². The maximum atomic E-state index is 12.3. The summed E-state index contributed by atoms with van der Waals surface area (Å²) >= 11 is 1.59. The Morgan fingerprint density at radius 3 is 2.55 bits per heavy atom. The molecule has 6 heteroatoms. The van der Waals surface area contributed by atoms with Gasteiger partial charge in [-0.15, -0.1) is 11.3 Å². The number of nitrogens with zero attached hydrogens (tertiary/aromatic N) is 1. The fourth-order valence-electron chi connectivity index (χ4n) is 1.96. The number of carbonyl (C=O) groups is 2. The van der Waals surface area contributed by atoms with Crippen molar-refractivity contribution < 1.29 is 9.59 Å². The summed E-state index contributed by atoms with van der Waals surface area (Å²) < 4.78 is 0. The molecule has 0 bridgehead atoms. The van der Waals surface area contributed by atoms with E-state index in [1.807, 2.05) is 31.4 Å². The molecule has 5 nitrogen and oxygen atoms in total. The van der Waals surface area contributed by atoms with Crippen LogP contribution in [0, 0.1) is 5.92 Å². The van der Waals surface area contributed by atoms with E-state index in [-0.39, 0.29) is 17.7 Å². The average Bonchev–Trinajstić information content (AvgIpc) is 3.04. The first-order chi connectivity index (χ1) is 10.6. The summed E-state index contributed by atoms with van der Waals surface area (Å²) in [4.78, 5) is 29.5. The van der Waals surface area contributed by atoms with Crippen molar-refractivity contribution in [1.29, 1.82) is 0 Å². The fraction of sp³-hybridized carbons (Fsp3) is 0.312. The number of hydrogen-bond donors (Lipinski definition) is 2. The van der Waals surface area contributed by atoms with E-state index in [0.717, 1.165) is 4.88 Å². The fourth-order valence-corrected chi connectivity index (χ4v) is 2.60. The summed E-state index contributed by atoms with van der Waals surface area (Å²) in [6, 6.07) is 6.58. The van der Waals surface area contributed by atoms with Crippen molar-refractivity contribution in [3.05, 3.63) is 52.5 Å². The number of rotatable bonds is 6. The van der Waals surface area contributed by atoms with Crippen LogP contribution in [-0.4, -0.2) is 22.8 Å². The number of aromatic nitrogens is 1. The molecule has 2 N–H and O–H groups in total. The van der Waals surface area contributed by atoms with E-state index in [1.54, 1.807) is 35.9 Å². The zero-order valence-corrected chi connectivity index (χ0v) is 13.4. The van der Waals surface area contributed by atoms with Gasteiger partial charge in [0.15, 0.2) is 0 Å². The van der Waals surface area contributed by atoms with E-state index in [9.17, 15) is 9.59 Å². The number of nitrogens with one attached hydrogen (secondary N) is 2. The second-order valence-electron chi connectivity index (χ2n) is 5.23. The molecule has 0 spiro atoms. The van der Waals surface area contributed by atoms with Crippen molar-refractivity contribution in [1.82, 2.24) is 15.6 Å². The second-order valence-corrected chi connectivity index (χ2v) is 6.26. The van der Waals surface area contributed by atoms with Crippen molar-refractivity contribution in [2.24, 2.45) is 5.92 Å². The number of hydrogen-bond acceptors (Lipinski definition) is 4. The van der Waals surface area contributed by atoms with Crippen molar-refractivity contribution in [2.75, 3.05) is 0 Å². The van der Waals surface area contributed by atoms with Crippen molar-refractivity contribution in [3.63, 3.8) is 0 Å². The molecule has 0 aliphatic carbocycles. The quantitative estimate of drug-likeness (QED) is 0.858. The highest BCUT2D eigenvalue weighted by Crippen LogP contribution is 2.09. The molecule has 116 valence electrons. The molecule has 2 rings (SSSR count). The van der Waals surface area contributed by atoms with Gasteiger partial charge in [0.25, 0.3) is 5.91 Å². The molecular weight excluding hydrogens is 298 g/mol. The molecule has 1 unspecified atom stereocenters. The molecule has 0 fully saturated rings. The topological polar surface area (TPSA) is 71.1 Å². The lowest BCUT2D eigenvalue weighted by Gasteiger charge is -2.21.